The molecule has 88 valence electrons. The average Bonchev–Trinajstić information content (AvgIpc) is 2.75. The second kappa shape index (κ2) is 5.01. The van der Waals surface area contributed by atoms with Gasteiger partial charge in [-0.3, -0.25) is 4.79 Å². The Morgan fingerprint density at radius 2 is 2.06 bits per heavy atom. The third kappa shape index (κ3) is 2.47. The fraction of sp³-hybridized carbons (Fsp3) is 0.545. The number of hydrogen-bond donors (Lipinski definition) is 0. The quantitative estimate of drug-likeness (QED) is 0.832. The van der Waals surface area contributed by atoms with E-state index in [4.69, 9.17) is 4.42 Å². The summed E-state index contributed by atoms with van der Waals surface area (Å²) in [5.41, 5.74) is 0. The van der Waals surface area contributed by atoms with Crippen LogP contribution in [0.5, 0.6) is 0 Å². The first kappa shape index (κ1) is 11.7. The highest BCUT2D eigenvalue weighted by molar-refractivity contribution is 9.10. The van der Waals surface area contributed by atoms with Gasteiger partial charge in [0, 0.05) is 26.2 Å². The molecule has 0 radical (unpaired) electrons. The summed E-state index contributed by atoms with van der Waals surface area (Å²) in [7, 11) is 0. The van der Waals surface area contributed by atoms with Gasteiger partial charge in [0.05, 0.1) is 0 Å². The third-order valence-electron chi connectivity index (χ3n) is 2.89. The van der Waals surface area contributed by atoms with Crippen molar-refractivity contribution in [2.75, 3.05) is 32.7 Å². The molecule has 1 fully saturated rings. The summed E-state index contributed by atoms with van der Waals surface area (Å²) in [6, 6.07) is 3.45. The Morgan fingerprint density at radius 3 is 2.56 bits per heavy atom. The smallest absolute Gasteiger partial charge is 0.289 e. The van der Waals surface area contributed by atoms with E-state index in [2.05, 4.69) is 27.8 Å². The standard InChI is InChI=1S/C11H15BrN2O2/c1-2-13-5-7-14(8-6-13)11(15)9-3-4-10(12)16-9/h3-4H,2,5-8H2,1H3. The number of amides is 1. The van der Waals surface area contributed by atoms with Crippen LogP contribution in [0.1, 0.15) is 17.5 Å². The van der Waals surface area contributed by atoms with Crippen LogP contribution in [0.3, 0.4) is 0 Å². The minimum Gasteiger partial charge on any atom is -0.444 e. The number of hydrogen-bond acceptors (Lipinski definition) is 3. The van der Waals surface area contributed by atoms with Gasteiger partial charge in [-0.2, -0.15) is 0 Å². The zero-order chi connectivity index (χ0) is 11.5. The van der Waals surface area contributed by atoms with Gasteiger partial charge in [-0.15, -0.1) is 0 Å². The van der Waals surface area contributed by atoms with Crippen LogP contribution in [0.15, 0.2) is 21.2 Å². The van der Waals surface area contributed by atoms with Crippen molar-refractivity contribution >= 4 is 21.8 Å². The SMILES string of the molecule is CCN1CCN(C(=O)c2ccc(Br)o2)CC1. The van der Waals surface area contributed by atoms with Crippen LogP contribution in [0.25, 0.3) is 0 Å². The topological polar surface area (TPSA) is 36.7 Å². The largest absolute Gasteiger partial charge is 0.444 e. The van der Waals surface area contributed by atoms with E-state index in [0.717, 1.165) is 32.7 Å². The molecule has 0 saturated carbocycles. The number of nitrogens with zero attached hydrogens (tertiary/aromatic N) is 2. The number of halogens is 1. The summed E-state index contributed by atoms with van der Waals surface area (Å²) in [6.45, 7) is 6.65. The molecule has 0 N–H and O–H groups in total. The van der Waals surface area contributed by atoms with Gasteiger partial charge in [0.25, 0.3) is 5.91 Å². The Morgan fingerprint density at radius 1 is 1.38 bits per heavy atom. The molecule has 0 spiro atoms. The van der Waals surface area contributed by atoms with Crippen molar-refractivity contribution in [2.45, 2.75) is 6.92 Å². The lowest BCUT2D eigenvalue weighted by molar-refractivity contribution is 0.0611. The molecular formula is C11H15BrN2O2. The maximum atomic E-state index is 12.0. The average molecular weight is 287 g/mol. The zero-order valence-corrected chi connectivity index (χ0v) is 10.9. The molecule has 1 aliphatic heterocycles. The van der Waals surface area contributed by atoms with Crippen LogP contribution < -0.4 is 0 Å². The Bertz CT molecular complexity index is 370. The summed E-state index contributed by atoms with van der Waals surface area (Å²) in [5, 5.41) is 0. The molecule has 1 amide bonds. The summed E-state index contributed by atoms with van der Waals surface area (Å²) in [5.74, 6) is 0.401. The lowest BCUT2D eigenvalue weighted by Crippen LogP contribution is -2.48. The van der Waals surface area contributed by atoms with E-state index in [1.165, 1.54) is 0 Å². The van der Waals surface area contributed by atoms with E-state index in [0.29, 0.717) is 10.4 Å². The Labute approximate surface area is 103 Å². The number of carbonyl (C=O) groups is 1. The van der Waals surface area contributed by atoms with Gasteiger partial charge in [-0.1, -0.05) is 6.92 Å². The molecule has 0 aromatic carbocycles. The van der Waals surface area contributed by atoms with Crippen LogP contribution >= 0.6 is 15.9 Å². The van der Waals surface area contributed by atoms with Gasteiger partial charge >= 0.3 is 0 Å². The summed E-state index contributed by atoms with van der Waals surface area (Å²) in [4.78, 5) is 16.2. The molecule has 0 aliphatic carbocycles. The molecule has 2 heterocycles. The van der Waals surface area contributed by atoms with Crippen LogP contribution in [-0.2, 0) is 0 Å². The van der Waals surface area contributed by atoms with Crippen LogP contribution in [0, 0.1) is 0 Å². The van der Waals surface area contributed by atoms with Crippen LogP contribution in [0.2, 0.25) is 0 Å². The minimum absolute atomic E-state index is 0.0125. The first-order valence-electron chi connectivity index (χ1n) is 5.47. The summed E-state index contributed by atoms with van der Waals surface area (Å²) >= 11 is 3.20. The Hall–Kier alpha value is -0.810. The van der Waals surface area contributed by atoms with Crippen molar-refractivity contribution in [1.82, 2.24) is 9.80 Å². The van der Waals surface area contributed by atoms with Crippen molar-refractivity contribution in [2.24, 2.45) is 0 Å². The highest BCUT2D eigenvalue weighted by atomic mass is 79.9. The first-order valence-corrected chi connectivity index (χ1v) is 6.27. The van der Waals surface area contributed by atoms with Crippen molar-refractivity contribution in [3.63, 3.8) is 0 Å². The van der Waals surface area contributed by atoms with E-state index < -0.39 is 0 Å². The molecule has 0 unspecified atom stereocenters. The van der Waals surface area contributed by atoms with Gasteiger partial charge in [0.1, 0.15) is 0 Å². The predicted molar refractivity (Wildman–Crippen MR) is 64.4 cm³/mol. The van der Waals surface area contributed by atoms with E-state index in [1.54, 1.807) is 12.1 Å². The van der Waals surface area contributed by atoms with Crippen LogP contribution in [0.4, 0.5) is 0 Å². The molecule has 16 heavy (non-hydrogen) atoms. The number of rotatable bonds is 2. The zero-order valence-electron chi connectivity index (χ0n) is 9.28. The molecule has 4 nitrogen and oxygen atoms in total. The molecule has 2 rings (SSSR count). The molecule has 1 aromatic rings. The maximum Gasteiger partial charge on any atom is 0.289 e. The van der Waals surface area contributed by atoms with Crippen molar-refractivity contribution in [3.05, 3.63) is 22.6 Å². The Balaban J connectivity index is 1.96. The molecule has 1 saturated heterocycles. The molecule has 1 aromatic heterocycles. The van der Waals surface area contributed by atoms with Gasteiger partial charge < -0.3 is 14.2 Å². The van der Waals surface area contributed by atoms with E-state index in [9.17, 15) is 4.79 Å². The molecule has 0 bridgehead atoms. The van der Waals surface area contributed by atoms with Crippen molar-refractivity contribution < 1.29 is 9.21 Å². The van der Waals surface area contributed by atoms with Crippen molar-refractivity contribution in [1.29, 1.82) is 0 Å². The highest BCUT2D eigenvalue weighted by Gasteiger charge is 2.23. The van der Waals surface area contributed by atoms with Crippen molar-refractivity contribution in [3.8, 4) is 0 Å². The summed E-state index contributed by atoms with van der Waals surface area (Å²) < 4.78 is 5.86. The van der Waals surface area contributed by atoms with E-state index in [1.807, 2.05) is 4.90 Å². The normalized spacial score (nSPS) is 17.8. The van der Waals surface area contributed by atoms with E-state index in [-0.39, 0.29) is 5.91 Å². The third-order valence-corrected chi connectivity index (χ3v) is 3.32. The number of piperazine rings is 1. The first-order chi connectivity index (χ1) is 7.70. The number of furan rings is 1. The maximum absolute atomic E-state index is 12.0. The van der Waals surface area contributed by atoms with Gasteiger partial charge in [-0.05, 0) is 34.6 Å². The number of carbonyl (C=O) groups excluding carboxylic acids is 1. The molecule has 5 heteroatoms. The van der Waals surface area contributed by atoms with Crippen LogP contribution in [-0.4, -0.2) is 48.4 Å². The fourth-order valence-electron chi connectivity index (χ4n) is 1.85. The predicted octanol–water partition coefficient (Wildman–Crippen LogP) is 1.82. The van der Waals surface area contributed by atoms with Gasteiger partial charge in [0.2, 0.25) is 0 Å². The molecular weight excluding hydrogens is 272 g/mol. The lowest BCUT2D eigenvalue weighted by Gasteiger charge is -2.33. The van der Waals surface area contributed by atoms with E-state index >= 15 is 0 Å². The molecule has 1 aliphatic rings. The second-order valence-corrected chi connectivity index (χ2v) is 4.61. The highest BCUT2D eigenvalue weighted by Crippen LogP contribution is 2.16. The number of likely N-dealkylation sites (N-methyl/N-ethyl adjacent to an activating group) is 1. The van der Waals surface area contributed by atoms with Gasteiger partial charge in [-0.25, -0.2) is 0 Å². The van der Waals surface area contributed by atoms with Gasteiger partial charge in [0.15, 0.2) is 10.4 Å². The summed E-state index contributed by atoms with van der Waals surface area (Å²) in [6.07, 6.45) is 0. The minimum atomic E-state index is -0.0125. The second-order valence-electron chi connectivity index (χ2n) is 3.83. The monoisotopic (exact) mass is 286 g/mol. The lowest BCUT2D eigenvalue weighted by atomic mass is 10.3. The Kier molecular flexibility index (Phi) is 3.66. The molecule has 0 atom stereocenters. The fourth-order valence-corrected chi connectivity index (χ4v) is 2.16.